The smallest absolute Gasteiger partial charge is 0.341 e. The first-order valence-electron chi connectivity index (χ1n) is 11.2. The molecule has 2 N–H and O–H groups in total. The fourth-order valence-corrected chi connectivity index (χ4v) is 4.41. The van der Waals surface area contributed by atoms with Crippen molar-refractivity contribution in [1.82, 2.24) is 4.57 Å². The number of hydrogen-bond donors (Lipinski definition) is 2. The van der Waals surface area contributed by atoms with Crippen LogP contribution in [-0.2, 0) is 0 Å². The van der Waals surface area contributed by atoms with Crippen LogP contribution in [-0.4, -0.2) is 39.9 Å². The second-order valence-corrected chi connectivity index (χ2v) is 8.75. The highest BCUT2D eigenvalue weighted by molar-refractivity contribution is 5.95. The van der Waals surface area contributed by atoms with Crippen molar-refractivity contribution in [3.63, 3.8) is 0 Å². The van der Waals surface area contributed by atoms with E-state index in [0.29, 0.717) is 29.9 Å². The van der Waals surface area contributed by atoms with E-state index in [1.165, 1.54) is 12.3 Å². The fraction of sp³-hybridized carbons (Fsp3) is 0.583. The van der Waals surface area contributed by atoms with Crippen molar-refractivity contribution >= 4 is 22.6 Å². The van der Waals surface area contributed by atoms with Crippen molar-refractivity contribution in [3.8, 4) is 0 Å². The molecule has 1 aromatic carbocycles. The summed E-state index contributed by atoms with van der Waals surface area (Å²) in [5, 5.41) is 19.8. The lowest BCUT2D eigenvalue weighted by atomic mass is 9.96. The van der Waals surface area contributed by atoms with Crippen LogP contribution in [0.5, 0.6) is 0 Å². The van der Waals surface area contributed by atoms with E-state index in [0.717, 1.165) is 32.1 Å². The van der Waals surface area contributed by atoms with Crippen LogP contribution >= 0.6 is 0 Å². The van der Waals surface area contributed by atoms with E-state index in [4.69, 9.17) is 0 Å². The lowest BCUT2D eigenvalue weighted by Gasteiger charge is -2.29. The summed E-state index contributed by atoms with van der Waals surface area (Å²) < 4.78 is 17.1. The van der Waals surface area contributed by atoms with E-state index >= 15 is 4.39 Å². The Kier molecular flexibility index (Phi) is 7.04. The molecular weight excluding hydrogens is 399 g/mol. The third-order valence-corrected chi connectivity index (χ3v) is 6.44. The quantitative estimate of drug-likeness (QED) is 0.578. The minimum absolute atomic E-state index is 0.0978. The van der Waals surface area contributed by atoms with Gasteiger partial charge in [-0.3, -0.25) is 4.79 Å². The van der Waals surface area contributed by atoms with Crippen LogP contribution in [0.3, 0.4) is 0 Å². The van der Waals surface area contributed by atoms with Crippen molar-refractivity contribution in [2.75, 3.05) is 18.0 Å². The average Bonchev–Trinajstić information content (AvgIpc) is 3.55. The summed E-state index contributed by atoms with van der Waals surface area (Å²) >= 11 is 0. The number of carbonyl (C=O) groups is 1. The van der Waals surface area contributed by atoms with Crippen LogP contribution in [0.25, 0.3) is 10.9 Å². The van der Waals surface area contributed by atoms with Crippen molar-refractivity contribution in [3.05, 3.63) is 39.4 Å². The van der Waals surface area contributed by atoms with Gasteiger partial charge in [0.1, 0.15) is 11.4 Å². The summed E-state index contributed by atoms with van der Waals surface area (Å²) in [4.78, 5) is 26.3. The zero-order valence-corrected chi connectivity index (χ0v) is 18.8. The zero-order valence-electron chi connectivity index (χ0n) is 18.8. The number of fused-ring (bicyclic) bond motifs is 1. The summed E-state index contributed by atoms with van der Waals surface area (Å²) in [6.45, 7) is 8.98. The van der Waals surface area contributed by atoms with Gasteiger partial charge in [0.15, 0.2) is 0 Å². The Labute approximate surface area is 182 Å². The topological polar surface area (TPSA) is 82.8 Å². The SMILES string of the molecule is CCCC(O)C(C)CCN(CC)c1c(F)cc2c(=O)c(C(=O)O)cn(C3CC3)c2c1C. The monoisotopic (exact) mass is 432 g/mol. The molecule has 0 spiro atoms. The average molecular weight is 433 g/mol. The van der Waals surface area contributed by atoms with Gasteiger partial charge in [-0.2, -0.15) is 0 Å². The van der Waals surface area contributed by atoms with Crippen LogP contribution in [0.15, 0.2) is 17.1 Å². The van der Waals surface area contributed by atoms with Gasteiger partial charge in [-0.25, -0.2) is 9.18 Å². The number of aryl methyl sites for hydroxylation is 1. The Bertz CT molecular complexity index is 1030. The second kappa shape index (κ2) is 9.39. The molecule has 1 aliphatic rings. The standard InChI is InChI=1S/C24H33FN2O4/c1-5-7-20(28)14(3)10-11-26(6-2)22-15(4)21-17(12-19(22)25)23(29)18(24(30)31)13-27(21)16-8-9-16/h12-14,16,20,28H,5-11H2,1-4H3,(H,30,31). The third-order valence-electron chi connectivity index (χ3n) is 6.44. The summed E-state index contributed by atoms with van der Waals surface area (Å²) in [5.41, 5.74) is 0.749. The minimum atomic E-state index is -1.29. The summed E-state index contributed by atoms with van der Waals surface area (Å²) in [7, 11) is 0. The Hall–Kier alpha value is -2.41. The largest absolute Gasteiger partial charge is 0.477 e. The molecule has 1 saturated carbocycles. The highest BCUT2D eigenvalue weighted by atomic mass is 19.1. The number of carboxylic acid groups (broad SMARTS) is 1. The van der Waals surface area contributed by atoms with Crippen LogP contribution in [0.1, 0.15) is 74.8 Å². The van der Waals surface area contributed by atoms with Crippen LogP contribution in [0.2, 0.25) is 0 Å². The normalized spacial score (nSPS) is 15.8. The van der Waals surface area contributed by atoms with Crippen LogP contribution in [0.4, 0.5) is 10.1 Å². The van der Waals surface area contributed by atoms with E-state index in [-0.39, 0.29) is 29.0 Å². The molecule has 1 fully saturated rings. The number of nitrogens with zero attached hydrogens (tertiary/aromatic N) is 2. The fourth-order valence-electron chi connectivity index (χ4n) is 4.41. The number of benzene rings is 1. The van der Waals surface area contributed by atoms with Gasteiger partial charge in [-0.05, 0) is 57.1 Å². The Balaban J connectivity index is 2.06. The van der Waals surface area contributed by atoms with Gasteiger partial charge >= 0.3 is 5.97 Å². The predicted octanol–water partition coefficient (Wildman–Crippen LogP) is 4.50. The molecule has 7 heteroatoms. The van der Waals surface area contributed by atoms with E-state index in [9.17, 15) is 19.8 Å². The second-order valence-electron chi connectivity index (χ2n) is 8.75. The van der Waals surface area contributed by atoms with Crippen molar-refractivity contribution < 1.29 is 19.4 Å². The number of aromatic carboxylic acids is 1. The molecule has 2 aromatic rings. The van der Waals surface area contributed by atoms with Gasteiger partial charge in [-0.1, -0.05) is 20.3 Å². The number of carboxylic acids is 1. The summed E-state index contributed by atoms with van der Waals surface area (Å²) in [5.74, 6) is -1.71. The number of rotatable bonds is 10. The van der Waals surface area contributed by atoms with Gasteiger partial charge in [-0.15, -0.1) is 0 Å². The Morgan fingerprint density at radius 2 is 2.00 bits per heavy atom. The number of aromatic nitrogens is 1. The third kappa shape index (κ3) is 4.61. The van der Waals surface area contributed by atoms with Crippen LogP contribution in [0, 0.1) is 18.7 Å². The van der Waals surface area contributed by atoms with Crippen LogP contribution < -0.4 is 10.3 Å². The molecular formula is C24H33FN2O4. The Morgan fingerprint density at radius 3 is 2.55 bits per heavy atom. The molecule has 1 aromatic heterocycles. The molecule has 1 heterocycles. The molecule has 3 rings (SSSR count). The molecule has 6 nitrogen and oxygen atoms in total. The number of halogens is 1. The van der Waals surface area contributed by atoms with Crippen molar-refractivity contribution in [2.24, 2.45) is 5.92 Å². The highest BCUT2D eigenvalue weighted by Gasteiger charge is 2.29. The maximum atomic E-state index is 15.3. The summed E-state index contributed by atoms with van der Waals surface area (Å²) in [6.07, 6.45) is 5.24. The number of hydrogen-bond acceptors (Lipinski definition) is 4. The minimum Gasteiger partial charge on any atom is -0.477 e. The predicted molar refractivity (Wildman–Crippen MR) is 121 cm³/mol. The van der Waals surface area contributed by atoms with Gasteiger partial charge in [0.2, 0.25) is 5.43 Å². The van der Waals surface area contributed by atoms with Crippen molar-refractivity contribution in [1.29, 1.82) is 0 Å². The van der Waals surface area contributed by atoms with E-state index in [1.54, 1.807) is 6.92 Å². The molecule has 0 bridgehead atoms. The maximum absolute atomic E-state index is 15.3. The molecule has 2 atom stereocenters. The van der Waals surface area contributed by atoms with E-state index in [2.05, 4.69) is 0 Å². The number of pyridine rings is 1. The first kappa shape index (κ1) is 23.3. The van der Waals surface area contributed by atoms with Gasteiger partial charge in [0.05, 0.1) is 17.3 Å². The molecule has 0 radical (unpaired) electrons. The zero-order chi connectivity index (χ0) is 22.9. The lowest BCUT2D eigenvalue weighted by molar-refractivity contribution is 0.0694. The van der Waals surface area contributed by atoms with Gasteiger partial charge < -0.3 is 19.7 Å². The highest BCUT2D eigenvalue weighted by Crippen LogP contribution is 2.40. The van der Waals surface area contributed by atoms with Gasteiger partial charge in [0.25, 0.3) is 0 Å². The van der Waals surface area contributed by atoms with E-state index in [1.807, 2.05) is 30.2 Å². The molecule has 2 unspecified atom stereocenters. The maximum Gasteiger partial charge on any atom is 0.341 e. The molecule has 0 saturated heterocycles. The molecule has 1 aliphatic carbocycles. The first-order valence-corrected chi connectivity index (χ1v) is 11.2. The molecule has 170 valence electrons. The summed E-state index contributed by atoms with van der Waals surface area (Å²) in [6, 6.07) is 1.33. The lowest BCUT2D eigenvalue weighted by Crippen LogP contribution is -2.30. The Morgan fingerprint density at radius 1 is 1.32 bits per heavy atom. The number of aliphatic hydroxyl groups excluding tert-OH is 1. The van der Waals surface area contributed by atoms with Crippen molar-refractivity contribution in [2.45, 2.75) is 71.9 Å². The van der Waals surface area contributed by atoms with Gasteiger partial charge in [0, 0.05) is 30.7 Å². The first-order chi connectivity index (χ1) is 14.7. The molecule has 0 aliphatic heterocycles. The molecule has 0 amide bonds. The number of aliphatic hydroxyl groups is 1. The molecule has 31 heavy (non-hydrogen) atoms. The number of anilines is 1. The van der Waals surface area contributed by atoms with E-state index < -0.39 is 17.2 Å².